The van der Waals surface area contributed by atoms with Crippen LogP contribution in [0.2, 0.25) is 0 Å². The van der Waals surface area contributed by atoms with Crippen molar-refractivity contribution < 1.29 is 9.53 Å². The molecule has 1 unspecified atom stereocenters. The molecular formula is C18H20BrClN2O2. The first kappa shape index (κ1) is 18.8. The molecule has 2 aromatic carbocycles. The summed E-state index contributed by atoms with van der Waals surface area (Å²) in [5, 5.41) is 6.25. The zero-order valence-electron chi connectivity index (χ0n) is 13.3. The Hall–Kier alpha value is -1.56. The second-order valence-electron chi connectivity index (χ2n) is 5.64. The van der Waals surface area contributed by atoms with Crippen LogP contribution in [0.25, 0.3) is 0 Å². The zero-order valence-corrected chi connectivity index (χ0v) is 15.7. The minimum Gasteiger partial charge on any atom is -0.481 e. The van der Waals surface area contributed by atoms with Gasteiger partial charge in [0.1, 0.15) is 5.75 Å². The molecule has 0 aliphatic carbocycles. The molecule has 3 rings (SSSR count). The fourth-order valence-electron chi connectivity index (χ4n) is 2.59. The van der Waals surface area contributed by atoms with Gasteiger partial charge in [-0.15, -0.1) is 12.4 Å². The van der Waals surface area contributed by atoms with Crippen molar-refractivity contribution in [2.45, 2.75) is 32.7 Å². The van der Waals surface area contributed by atoms with E-state index in [1.54, 1.807) is 6.92 Å². The molecule has 128 valence electrons. The summed E-state index contributed by atoms with van der Waals surface area (Å²) in [5.41, 5.74) is 3.76. The number of hydrogen-bond donors (Lipinski definition) is 2. The fraction of sp³-hybridized carbons (Fsp3) is 0.278. The van der Waals surface area contributed by atoms with Crippen molar-refractivity contribution >= 4 is 34.2 Å². The number of fused-ring (bicyclic) bond motifs is 1. The van der Waals surface area contributed by atoms with E-state index in [-0.39, 0.29) is 18.3 Å². The highest BCUT2D eigenvalue weighted by Crippen LogP contribution is 2.19. The van der Waals surface area contributed by atoms with E-state index in [2.05, 4.69) is 44.8 Å². The molecule has 1 amide bonds. The Morgan fingerprint density at radius 1 is 1.25 bits per heavy atom. The van der Waals surface area contributed by atoms with Crippen LogP contribution in [-0.2, 0) is 24.4 Å². The number of carbonyl (C=O) groups excluding carboxylic acids is 1. The van der Waals surface area contributed by atoms with E-state index in [0.29, 0.717) is 12.3 Å². The lowest BCUT2D eigenvalue weighted by Crippen LogP contribution is -2.35. The molecule has 1 atom stereocenters. The molecule has 4 nitrogen and oxygen atoms in total. The first-order chi connectivity index (χ1) is 11.1. The maximum absolute atomic E-state index is 12.2. The minimum absolute atomic E-state index is 0. The Labute approximate surface area is 156 Å². The zero-order chi connectivity index (χ0) is 16.2. The third-order valence-electron chi connectivity index (χ3n) is 3.85. The first-order valence-corrected chi connectivity index (χ1v) is 8.42. The molecule has 0 saturated carbocycles. The summed E-state index contributed by atoms with van der Waals surface area (Å²) in [4.78, 5) is 12.2. The minimum atomic E-state index is -0.541. The quantitative estimate of drug-likeness (QED) is 0.791. The van der Waals surface area contributed by atoms with Crippen molar-refractivity contribution in [3.63, 3.8) is 0 Å². The Morgan fingerprint density at radius 3 is 2.83 bits per heavy atom. The second-order valence-corrected chi connectivity index (χ2v) is 6.56. The van der Waals surface area contributed by atoms with Gasteiger partial charge in [-0.1, -0.05) is 40.2 Å². The number of halogens is 2. The second kappa shape index (κ2) is 8.51. The van der Waals surface area contributed by atoms with E-state index in [9.17, 15) is 4.79 Å². The van der Waals surface area contributed by atoms with Crippen LogP contribution in [0.4, 0.5) is 0 Å². The van der Waals surface area contributed by atoms with Crippen LogP contribution < -0.4 is 15.4 Å². The number of hydrogen-bond acceptors (Lipinski definition) is 3. The summed E-state index contributed by atoms with van der Waals surface area (Å²) < 4.78 is 6.59. The smallest absolute Gasteiger partial charge is 0.261 e. The van der Waals surface area contributed by atoms with E-state index in [0.717, 1.165) is 23.1 Å². The molecule has 0 radical (unpaired) electrons. The molecule has 0 aromatic heterocycles. The van der Waals surface area contributed by atoms with E-state index in [1.807, 2.05) is 24.3 Å². The van der Waals surface area contributed by atoms with E-state index in [1.165, 1.54) is 11.1 Å². The standard InChI is InChI=1S/C18H19BrN2O2.ClH/c1-12(23-17-4-2-3-16(19)8-17)18(22)21-9-13-5-6-14-10-20-11-15(14)7-13;/h2-8,12,20H,9-11H2,1H3,(H,21,22);1H. The van der Waals surface area contributed by atoms with Crippen molar-refractivity contribution in [2.75, 3.05) is 0 Å². The highest BCUT2D eigenvalue weighted by atomic mass is 79.9. The molecule has 0 spiro atoms. The molecule has 2 aromatic rings. The Bertz CT molecular complexity index is 724. The summed E-state index contributed by atoms with van der Waals surface area (Å²) >= 11 is 3.39. The van der Waals surface area contributed by atoms with Crippen LogP contribution in [0.1, 0.15) is 23.6 Å². The monoisotopic (exact) mass is 410 g/mol. The molecular weight excluding hydrogens is 392 g/mol. The third-order valence-corrected chi connectivity index (χ3v) is 4.34. The molecule has 6 heteroatoms. The van der Waals surface area contributed by atoms with E-state index < -0.39 is 6.10 Å². The van der Waals surface area contributed by atoms with Crippen LogP contribution in [0.5, 0.6) is 5.75 Å². The molecule has 1 aliphatic rings. The molecule has 24 heavy (non-hydrogen) atoms. The molecule has 2 N–H and O–H groups in total. The maximum Gasteiger partial charge on any atom is 0.261 e. The fourth-order valence-corrected chi connectivity index (χ4v) is 2.97. The summed E-state index contributed by atoms with van der Waals surface area (Å²) in [6.07, 6.45) is -0.541. The average Bonchev–Trinajstić information content (AvgIpc) is 3.00. The van der Waals surface area contributed by atoms with Gasteiger partial charge in [-0.2, -0.15) is 0 Å². The van der Waals surface area contributed by atoms with Crippen LogP contribution in [0, 0.1) is 0 Å². The van der Waals surface area contributed by atoms with Crippen LogP contribution >= 0.6 is 28.3 Å². The van der Waals surface area contributed by atoms with Gasteiger partial charge in [0.05, 0.1) is 0 Å². The number of nitrogens with one attached hydrogen (secondary N) is 2. The predicted molar refractivity (Wildman–Crippen MR) is 100 cm³/mol. The number of benzene rings is 2. The van der Waals surface area contributed by atoms with Gasteiger partial charge in [0.2, 0.25) is 0 Å². The molecule has 0 saturated heterocycles. The van der Waals surface area contributed by atoms with E-state index >= 15 is 0 Å². The van der Waals surface area contributed by atoms with Crippen molar-refractivity contribution in [1.82, 2.24) is 10.6 Å². The summed E-state index contributed by atoms with van der Waals surface area (Å²) in [5.74, 6) is 0.550. The Balaban J connectivity index is 0.00000208. The Morgan fingerprint density at radius 2 is 2.04 bits per heavy atom. The largest absolute Gasteiger partial charge is 0.481 e. The van der Waals surface area contributed by atoms with Crippen molar-refractivity contribution in [3.8, 4) is 5.75 Å². The molecule has 1 heterocycles. The van der Waals surface area contributed by atoms with Gasteiger partial charge in [-0.25, -0.2) is 0 Å². The van der Waals surface area contributed by atoms with Gasteiger partial charge < -0.3 is 15.4 Å². The first-order valence-electron chi connectivity index (χ1n) is 7.63. The molecule has 1 aliphatic heterocycles. The average molecular weight is 412 g/mol. The summed E-state index contributed by atoms with van der Waals surface area (Å²) in [6.45, 7) is 4.10. The van der Waals surface area contributed by atoms with Gasteiger partial charge in [0.15, 0.2) is 6.10 Å². The van der Waals surface area contributed by atoms with Gasteiger partial charge in [0.25, 0.3) is 5.91 Å². The molecule has 0 fully saturated rings. The van der Waals surface area contributed by atoms with Crippen molar-refractivity contribution in [2.24, 2.45) is 0 Å². The summed E-state index contributed by atoms with van der Waals surface area (Å²) in [7, 11) is 0. The lowest BCUT2D eigenvalue weighted by atomic mass is 10.1. The van der Waals surface area contributed by atoms with Crippen LogP contribution in [-0.4, -0.2) is 12.0 Å². The SMILES string of the molecule is CC(Oc1cccc(Br)c1)C(=O)NCc1ccc2c(c1)CNC2.Cl. The van der Waals surface area contributed by atoms with Crippen molar-refractivity contribution in [3.05, 3.63) is 63.6 Å². The Kier molecular flexibility index (Phi) is 6.66. The number of rotatable bonds is 5. The number of ether oxygens (including phenoxy) is 1. The predicted octanol–water partition coefficient (Wildman–Crippen LogP) is 3.56. The number of amides is 1. The summed E-state index contributed by atoms with van der Waals surface area (Å²) in [6, 6.07) is 13.8. The van der Waals surface area contributed by atoms with Gasteiger partial charge in [-0.3, -0.25) is 4.79 Å². The topological polar surface area (TPSA) is 50.4 Å². The normalized spacial score (nSPS) is 13.6. The lowest BCUT2D eigenvalue weighted by Gasteiger charge is -2.15. The lowest BCUT2D eigenvalue weighted by molar-refractivity contribution is -0.127. The van der Waals surface area contributed by atoms with Crippen molar-refractivity contribution in [1.29, 1.82) is 0 Å². The van der Waals surface area contributed by atoms with Crippen LogP contribution in [0.15, 0.2) is 46.9 Å². The van der Waals surface area contributed by atoms with Gasteiger partial charge in [-0.05, 0) is 41.8 Å². The van der Waals surface area contributed by atoms with Gasteiger partial charge in [0, 0.05) is 24.1 Å². The van der Waals surface area contributed by atoms with E-state index in [4.69, 9.17) is 4.74 Å². The van der Waals surface area contributed by atoms with Gasteiger partial charge >= 0.3 is 0 Å². The maximum atomic E-state index is 12.2. The van der Waals surface area contributed by atoms with Crippen LogP contribution in [0.3, 0.4) is 0 Å². The highest BCUT2D eigenvalue weighted by molar-refractivity contribution is 9.10. The highest BCUT2D eigenvalue weighted by Gasteiger charge is 2.15. The number of carbonyl (C=O) groups is 1. The molecule has 0 bridgehead atoms. The third kappa shape index (κ3) is 4.72.